The third-order valence-electron chi connectivity index (χ3n) is 4.84. The number of hydrogen-bond acceptors (Lipinski definition) is 3. The monoisotopic (exact) mass is 352 g/mol. The molecule has 26 heavy (non-hydrogen) atoms. The van der Waals surface area contributed by atoms with Crippen LogP contribution in [0.3, 0.4) is 0 Å². The van der Waals surface area contributed by atoms with Crippen LogP contribution in [0, 0.1) is 6.92 Å². The number of rotatable bonds is 4. The molecule has 0 unspecified atom stereocenters. The van der Waals surface area contributed by atoms with Crippen LogP contribution < -0.4 is 10.2 Å². The number of aryl methyl sites for hydroxylation is 1. The number of carboxylic acid groups (broad SMARTS) is 1. The minimum atomic E-state index is -1.04. The van der Waals surface area contributed by atoms with E-state index >= 15 is 0 Å². The molecule has 136 valence electrons. The largest absolute Gasteiger partial charge is 0.478 e. The molecule has 1 saturated heterocycles. The van der Waals surface area contributed by atoms with Crippen molar-refractivity contribution < 1.29 is 14.7 Å². The van der Waals surface area contributed by atoms with Gasteiger partial charge in [-0.15, -0.1) is 0 Å². The number of nitrogens with one attached hydrogen (secondary N) is 1. The number of carbonyl (C=O) groups excluding carboxylic acids is 1. The molecule has 1 amide bonds. The number of carboxylic acids is 1. The fraction of sp³-hybridized carbons (Fsp3) is 0.333. The van der Waals surface area contributed by atoms with Gasteiger partial charge in [-0.05, 0) is 49.6 Å². The Bertz CT molecular complexity index is 809. The molecule has 2 aromatic carbocycles. The van der Waals surface area contributed by atoms with Crippen molar-refractivity contribution in [3.63, 3.8) is 0 Å². The third kappa shape index (κ3) is 4.04. The van der Waals surface area contributed by atoms with Gasteiger partial charge in [0.1, 0.15) is 0 Å². The highest BCUT2D eigenvalue weighted by Crippen LogP contribution is 2.26. The van der Waals surface area contributed by atoms with Crippen molar-refractivity contribution in [2.45, 2.75) is 32.6 Å². The van der Waals surface area contributed by atoms with Crippen LogP contribution in [0.2, 0.25) is 0 Å². The highest BCUT2D eigenvalue weighted by Gasteiger charge is 2.18. The summed E-state index contributed by atoms with van der Waals surface area (Å²) in [6.45, 7) is 3.73. The van der Waals surface area contributed by atoms with Crippen LogP contribution in [0.4, 0.5) is 11.4 Å². The van der Waals surface area contributed by atoms with E-state index in [1.54, 1.807) is 24.3 Å². The van der Waals surface area contributed by atoms with E-state index in [0.717, 1.165) is 37.2 Å². The van der Waals surface area contributed by atoms with Crippen molar-refractivity contribution in [3.05, 3.63) is 59.2 Å². The average molecular weight is 352 g/mol. The molecule has 0 aliphatic carbocycles. The summed E-state index contributed by atoms with van der Waals surface area (Å²) in [5.41, 5.74) is 2.74. The van der Waals surface area contributed by atoms with Gasteiger partial charge in [-0.1, -0.05) is 31.0 Å². The molecular weight excluding hydrogens is 328 g/mol. The minimum absolute atomic E-state index is 0.119. The summed E-state index contributed by atoms with van der Waals surface area (Å²) < 4.78 is 0. The lowest BCUT2D eigenvalue weighted by molar-refractivity contribution is 0.0698. The van der Waals surface area contributed by atoms with Crippen molar-refractivity contribution in [2.24, 2.45) is 0 Å². The molecule has 0 radical (unpaired) electrons. The molecule has 1 fully saturated rings. The normalized spacial score (nSPS) is 14.6. The second-order valence-corrected chi connectivity index (χ2v) is 6.71. The molecule has 2 aromatic rings. The molecule has 0 spiro atoms. The second kappa shape index (κ2) is 8.04. The topological polar surface area (TPSA) is 69.6 Å². The van der Waals surface area contributed by atoms with Gasteiger partial charge in [0.05, 0.1) is 11.3 Å². The molecule has 0 atom stereocenters. The summed E-state index contributed by atoms with van der Waals surface area (Å²) >= 11 is 0. The zero-order valence-corrected chi connectivity index (χ0v) is 15.0. The first-order chi connectivity index (χ1) is 12.6. The standard InChI is InChI=1S/C21H24N2O3/c1-15-8-4-5-9-17(15)20(24)22-19-11-10-16(14-18(19)21(25)26)23-12-6-2-3-7-13-23/h4-5,8-11,14H,2-3,6-7,12-13H2,1H3,(H,22,24)(H,25,26). The van der Waals surface area contributed by atoms with E-state index in [9.17, 15) is 14.7 Å². The Balaban J connectivity index is 1.86. The smallest absolute Gasteiger partial charge is 0.337 e. The number of benzene rings is 2. The maximum Gasteiger partial charge on any atom is 0.337 e. The van der Waals surface area contributed by atoms with Gasteiger partial charge in [0.25, 0.3) is 5.91 Å². The molecule has 1 aliphatic rings. The zero-order chi connectivity index (χ0) is 18.5. The summed E-state index contributed by atoms with van der Waals surface area (Å²) in [5, 5.41) is 12.4. The Morgan fingerprint density at radius 3 is 2.31 bits per heavy atom. The van der Waals surface area contributed by atoms with Crippen molar-refractivity contribution in [1.29, 1.82) is 0 Å². The lowest BCUT2D eigenvalue weighted by Gasteiger charge is -2.23. The summed E-state index contributed by atoms with van der Waals surface area (Å²) in [4.78, 5) is 26.5. The molecule has 1 aliphatic heterocycles. The lowest BCUT2D eigenvalue weighted by atomic mass is 10.1. The number of hydrogen-bond donors (Lipinski definition) is 2. The first-order valence-corrected chi connectivity index (χ1v) is 9.05. The van der Waals surface area contributed by atoms with Gasteiger partial charge < -0.3 is 15.3 Å². The van der Waals surface area contributed by atoms with E-state index < -0.39 is 5.97 Å². The number of carbonyl (C=O) groups is 2. The number of aromatic carboxylic acids is 1. The van der Waals surface area contributed by atoms with Crippen LogP contribution in [-0.4, -0.2) is 30.1 Å². The van der Waals surface area contributed by atoms with Crippen LogP contribution in [0.1, 0.15) is 52.0 Å². The Morgan fingerprint density at radius 2 is 1.65 bits per heavy atom. The number of nitrogens with zero attached hydrogens (tertiary/aromatic N) is 1. The van der Waals surface area contributed by atoms with Crippen LogP contribution >= 0.6 is 0 Å². The first kappa shape index (κ1) is 18.0. The van der Waals surface area contributed by atoms with Gasteiger partial charge in [-0.3, -0.25) is 4.79 Å². The predicted octanol–water partition coefficient (Wildman–Crippen LogP) is 4.33. The van der Waals surface area contributed by atoms with E-state index in [1.165, 1.54) is 12.8 Å². The Morgan fingerprint density at radius 1 is 0.962 bits per heavy atom. The molecule has 0 bridgehead atoms. The molecular formula is C21H24N2O3. The van der Waals surface area contributed by atoms with E-state index in [2.05, 4.69) is 10.2 Å². The fourth-order valence-corrected chi connectivity index (χ4v) is 3.36. The highest BCUT2D eigenvalue weighted by atomic mass is 16.4. The number of amides is 1. The van der Waals surface area contributed by atoms with Gasteiger partial charge in [0, 0.05) is 24.3 Å². The van der Waals surface area contributed by atoms with Crippen LogP contribution in [0.15, 0.2) is 42.5 Å². The second-order valence-electron chi connectivity index (χ2n) is 6.71. The third-order valence-corrected chi connectivity index (χ3v) is 4.84. The van der Waals surface area contributed by atoms with Crippen molar-refractivity contribution in [3.8, 4) is 0 Å². The first-order valence-electron chi connectivity index (χ1n) is 9.05. The maximum absolute atomic E-state index is 12.5. The maximum atomic E-state index is 12.5. The SMILES string of the molecule is Cc1ccccc1C(=O)Nc1ccc(N2CCCCCC2)cc1C(=O)O. The highest BCUT2D eigenvalue weighted by molar-refractivity contribution is 6.08. The van der Waals surface area contributed by atoms with Gasteiger partial charge >= 0.3 is 5.97 Å². The molecule has 2 N–H and O–H groups in total. The Hall–Kier alpha value is -2.82. The van der Waals surface area contributed by atoms with Gasteiger partial charge in [-0.2, -0.15) is 0 Å². The molecule has 3 rings (SSSR count). The van der Waals surface area contributed by atoms with E-state index in [0.29, 0.717) is 11.3 Å². The van der Waals surface area contributed by atoms with Gasteiger partial charge in [0.2, 0.25) is 0 Å². The van der Waals surface area contributed by atoms with Crippen molar-refractivity contribution >= 4 is 23.3 Å². The minimum Gasteiger partial charge on any atom is -0.478 e. The lowest BCUT2D eigenvalue weighted by Crippen LogP contribution is -2.24. The van der Waals surface area contributed by atoms with Crippen molar-refractivity contribution in [1.82, 2.24) is 0 Å². The van der Waals surface area contributed by atoms with E-state index in [-0.39, 0.29) is 11.5 Å². The average Bonchev–Trinajstić information content (AvgIpc) is 2.91. The van der Waals surface area contributed by atoms with E-state index in [4.69, 9.17) is 0 Å². The summed E-state index contributed by atoms with van der Waals surface area (Å²) in [6, 6.07) is 12.5. The van der Waals surface area contributed by atoms with Crippen LogP contribution in [0.5, 0.6) is 0 Å². The van der Waals surface area contributed by atoms with Gasteiger partial charge in [0.15, 0.2) is 0 Å². The quantitative estimate of drug-likeness (QED) is 0.859. The summed E-state index contributed by atoms with van der Waals surface area (Å²) in [5.74, 6) is -1.34. The molecule has 1 heterocycles. The van der Waals surface area contributed by atoms with Crippen molar-refractivity contribution in [2.75, 3.05) is 23.3 Å². The zero-order valence-electron chi connectivity index (χ0n) is 15.0. The Labute approximate surface area is 153 Å². The molecule has 0 aromatic heterocycles. The van der Waals surface area contributed by atoms with Crippen LogP contribution in [0.25, 0.3) is 0 Å². The number of anilines is 2. The van der Waals surface area contributed by atoms with Crippen LogP contribution in [-0.2, 0) is 0 Å². The Kier molecular flexibility index (Phi) is 5.56. The summed E-state index contributed by atoms with van der Waals surface area (Å²) in [7, 11) is 0. The summed E-state index contributed by atoms with van der Waals surface area (Å²) in [6.07, 6.45) is 4.67. The van der Waals surface area contributed by atoms with Gasteiger partial charge in [-0.25, -0.2) is 4.79 Å². The predicted molar refractivity (Wildman–Crippen MR) is 103 cm³/mol. The molecule has 0 saturated carbocycles. The molecule has 5 heteroatoms. The molecule has 5 nitrogen and oxygen atoms in total. The van der Waals surface area contributed by atoms with E-state index in [1.807, 2.05) is 25.1 Å². The fourth-order valence-electron chi connectivity index (χ4n) is 3.36.